The zero-order valence-corrected chi connectivity index (χ0v) is 9.57. The van der Waals surface area contributed by atoms with Crippen LogP contribution in [0.25, 0.3) is 0 Å². The van der Waals surface area contributed by atoms with E-state index < -0.39 is 0 Å². The minimum atomic E-state index is 0.250. The molecule has 0 heterocycles. The first-order valence-electron chi connectivity index (χ1n) is 4.52. The summed E-state index contributed by atoms with van der Waals surface area (Å²) in [4.78, 5) is 0. The molecule has 0 rings (SSSR count). The van der Waals surface area contributed by atoms with Crippen molar-refractivity contribution in [3.05, 3.63) is 13.2 Å². The van der Waals surface area contributed by atoms with E-state index in [2.05, 4.69) is 13.2 Å². The fraction of sp³-hybridized carbons (Fsp3) is 0.800. The Hall–Kier alpha value is -0.300. The quantitative estimate of drug-likeness (QED) is 0.539. The molecule has 74 valence electrons. The predicted molar refractivity (Wildman–Crippen MR) is 58.1 cm³/mol. The molecule has 0 unspecified atom stereocenters. The molecule has 0 aromatic rings. The number of aliphatic hydroxyl groups excluding tert-OH is 1. The minimum absolute atomic E-state index is 0.250. The van der Waals surface area contributed by atoms with E-state index in [-0.39, 0.29) is 6.61 Å². The lowest BCUT2D eigenvalue weighted by Gasteiger charge is -1.52. The topological polar surface area (TPSA) is 20.2 Å². The number of hydrogen-bond acceptors (Lipinski definition) is 1. The van der Waals surface area contributed by atoms with Crippen LogP contribution in [0.15, 0.2) is 13.2 Å². The van der Waals surface area contributed by atoms with Crippen molar-refractivity contribution in [3.8, 4) is 0 Å². The van der Waals surface area contributed by atoms with Crippen LogP contribution in [-0.2, 0) is 0 Å². The molecule has 0 atom stereocenters. The van der Waals surface area contributed by atoms with Gasteiger partial charge < -0.3 is 5.11 Å². The molecule has 1 heteroatoms. The van der Waals surface area contributed by atoms with Gasteiger partial charge in [-0.25, -0.2) is 0 Å². The maximum absolute atomic E-state index is 7.57. The number of hydrogen-bond donors (Lipinski definition) is 1. The second-order valence-corrected chi connectivity index (χ2v) is 0.316. The molecule has 0 aliphatic carbocycles. The van der Waals surface area contributed by atoms with E-state index in [1.807, 2.05) is 41.5 Å². The third-order valence-corrected chi connectivity index (χ3v) is 0. The molecular formula is C10H28O. The van der Waals surface area contributed by atoms with E-state index in [1.54, 1.807) is 6.92 Å². The van der Waals surface area contributed by atoms with E-state index in [4.69, 9.17) is 5.11 Å². The molecule has 0 radical (unpaired) electrons. The summed E-state index contributed by atoms with van der Waals surface area (Å²) in [5.41, 5.74) is 0. The van der Waals surface area contributed by atoms with Crippen LogP contribution in [-0.4, -0.2) is 11.7 Å². The molecule has 0 amide bonds. The Morgan fingerprint density at radius 3 is 0.818 bits per heavy atom. The van der Waals surface area contributed by atoms with Crippen LogP contribution in [0.4, 0.5) is 0 Å². The number of aliphatic hydroxyl groups is 1. The molecule has 0 aromatic carbocycles. The van der Waals surface area contributed by atoms with Gasteiger partial charge in [-0.15, -0.1) is 13.2 Å². The molecule has 0 saturated carbocycles. The highest BCUT2D eigenvalue weighted by Gasteiger charge is 1.34. The molecule has 0 aliphatic heterocycles. The molecular weight excluding hydrogens is 136 g/mol. The zero-order valence-electron chi connectivity index (χ0n) is 9.57. The van der Waals surface area contributed by atoms with Gasteiger partial charge in [-0.2, -0.15) is 0 Å². The van der Waals surface area contributed by atoms with Crippen molar-refractivity contribution in [2.24, 2.45) is 0 Å². The second-order valence-electron chi connectivity index (χ2n) is 0.316. The standard InChI is InChI=1S/C2H6O.3C2H6.C2H4/c1-2-3;4*1-2/h3H,2H2,1H3;3*1-2H3;1-2H2. The van der Waals surface area contributed by atoms with E-state index >= 15 is 0 Å². The van der Waals surface area contributed by atoms with E-state index in [1.165, 1.54) is 0 Å². The van der Waals surface area contributed by atoms with E-state index in [9.17, 15) is 0 Å². The van der Waals surface area contributed by atoms with Crippen molar-refractivity contribution < 1.29 is 5.11 Å². The molecule has 1 nitrogen and oxygen atoms in total. The largest absolute Gasteiger partial charge is 0.397 e. The molecule has 0 saturated heterocycles. The van der Waals surface area contributed by atoms with Crippen molar-refractivity contribution in [1.82, 2.24) is 0 Å². The van der Waals surface area contributed by atoms with Crippen molar-refractivity contribution >= 4 is 0 Å². The first kappa shape index (κ1) is 31.0. The summed E-state index contributed by atoms with van der Waals surface area (Å²) >= 11 is 0. The molecule has 0 spiro atoms. The van der Waals surface area contributed by atoms with Crippen molar-refractivity contribution in [2.45, 2.75) is 48.5 Å². The average molecular weight is 164 g/mol. The molecule has 11 heavy (non-hydrogen) atoms. The van der Waals surface area contributed by atoms with Crippen LogP contribution in [0.5, 0.6) is 0 Å². The highest BCUT2D eigenvalue weighted by Crippen LogP contribution is 1.30. The highest BCUT2D eigenvalue weighted by atomic mass is 16.2. The van der Waals surface area contributed by atoms with Crippen LogP contribution in [0.3, 0.4) is 0 Å². The van der Waals surface area contributed by atoms with Crippen LogP contribution < -0.4 is 0 Å². The van der Waals surface area contributed by atoms with Gasteiger partial charge >= 0.3 is 0 Å². The normalized spacial score (nSPS) is 3.64. The fourth-order valence-electron chi connectivity index (χ4n) is 0. The number of rotatable bonds is 0. The van der Waals surface area contributed by atoms with Gasteiger partial charge in [0.25, 0.3) is 0 Å². The summed E-state index contributed by atoms with van der Waals surface area (Å²) in [6.45, 7) is 19.9. The summed E-state index contributed by atoms with van der Waals surface area (Å²) in [7, 11) is 0. The maximum atomic E-state index is 7.57. The molecule has 1 N–H and O–H groups in total. The van der Waals surface area contributed by atoms with E-state index in [0.717, 1.165) is 0 Å². The lowest BCUT2D eigenvalue weighted by Crippen LogP contribution is -1.57. The monoisotopic (exact) mass is 164 g/mol. The third kappa shape index (κ3) is 6390. The van der Waals surface area contributed by atoms with Crippen molar-refractivity contribution in [1.29, 1.82) is 0 Å². The van der Waals surface area contributed by atoms with Gasteiger partial charge in [-0.3, -0.25) is 0 Å². The molecule has 0 aliphatic rings. The SMILES string of the molecule is C=C.CC.CC.CC.CCO. The summed E-state index contributed by atoms with van der Waals surface area (Å²) in [6.07, 6.45) is 0. The molecule has 0 aromatic heterocycles. The predicted octanol–water partition coefficient (Wildman–Crippen LogP) is 3.88. The summed E-state index contributed by atoms with van der Waals surface area (Å²) in [6, 6.07) is 0. The van der Waals surface area contributed by atoms with Gasteiger partial charge in [0.05, 0.1) is 0 Å². The minimum Gasteiger partial charge on any atom is -0.397 e. The zero-order chi connectivity index (χ0) is 10.7. The van der Waals surface area contributed by atoms with Crippen LogP contribution in [0.2, 0.25) is 0 Å². The Labute approximate surface area is 74.2 Å². The van der Waals surface area contributed by atoms with Crippen LogP contribution >= 0.6 is 0 Å². The first-order valence-corrected chi connectivity index (χ1v) is 4.52. The molecule has 0 fully saturated rings. The summed E-state index contributed by atoms with van der Waals surface area (Å²) in [5.74, 6) is 0. The summed E-state index contributed by atoms with van der Waals surface area (Å²) < 4.78 is 0. The first-order chi connectivity index (χ1) is 5.41. The smallest absolute Gasteiger partial charge is 0.0402 e. The Kier molecular flexibility index (Phi) is 4220. The summed E-state index contributed by atoms with van der Waals surface area (Å²) in [5, 5.41) is 7.57. The Bertz CT molecular complexity index is 8.83. The van der Waals surface area contributed by atoms with Gasteiger partial charge in [-0.1, -0.05) is 41.5 Å². The Balaban J connectivity index is -0.0000000139. The van der Waals surface area contributed by atoms with Gasteiger partial charge in [0, 0.05) is 6.61 Å². The lowest BCUT2D eigenvalue weighted by atomic mass is 10.9. The van der Waals surface area contributed by atoms with Gasteiger partial charge in [-0.05, 0) is 6.92 Å². The van der Waals surface area contributed by atoms with Crippen molar-refractivity contribution in [3.63, 3.8) is 0 Å². The second kappa shape index (κ2) is 1500. The van der Waals surface area contributed by atoms with Gasteiger partial charge in [0.15, 0.2) is 0 Å². The average Bonchev–Trinajstić information content (AvgIpc) is 2.18. The highest BCUT2D eigenvalue weighted by molar-refractivity contribution is 4.22. The van der Waals surface area contributed by atoms with Gasteiger partial charge in [0.2, 0.25) is 0 Å². The maximum Gasteiger partial charge on any atom is 0.0402 e. The fourth-order valence-corrected chi connectivity index (χ4v) is 0. The Morgan fingerprint density at radius 2 is 0.818 bits per heavy atom. The molecule has 0 bridgehead atoms. The van der Waals surface area contributed by atoms with Crippen molar-refractivity contribution in [2.75, 3.05) is 6.61 Å². The van der Waals surface area contributed by atoms with E-state index in [0.29, 0.717) is 0 Å². The Morgan fingerprint density at radius 1 is 0.818 bits per heavy atom. The lowest BCUT2D eigenvalue weighted by molar-refractivity contribution is 0.318. The van der Waals surface area contributed by atoms with Crippen LogP contribution in [0.1, 0.15) is 48.5 Å². The van der Waals surface area contributed by atoms with Gasteiger partial charge in [0.1, 0.15) is 0 Å². The van der Waals surface area contributed by atoms with Crippen LogP contribution in [0, 0.1) is 0 Å². The third-order valence-electron chi connectivity index (χ3n) is 0.